The molecule has 1 aromatic rings. The Morgan fingerprint density at radius 3 is 3.06 bits per heavy atom. The minimum absolute atomic E-state index is 0.0432. The fourth-order valence-corrected chi connectivity index (χ4v) is 3.93. The third-order valence-corrected chi connectivity index (χ3v) is 4.64. The van der Waals surface area contributed by atoms with E-state index in [1.165, 1.54) is 5.56 Å². The van der Waals surface area contributed by atoms with Gasteiger partial charge in [-0.3, -0.25) is 0 Å². The van der Waals surface area contributed by atoms with Crippen molar-refractivity contribution in [2.75, 3.05) is 19.0 Å². The maximum absolute atomic E-state index is 6.16. The number of hydrogen-bond donors (Lipinski definition) is 1. The molecule has 0 bridgehead atoms. The molecule has 0 spiro atoms. The number of halogens is 1. The number of benzene rings is 1. The third-order valence-electron chi connectivity index (χ3n) is 2.84. The van der Waals surface area contributed by atoms with Crippen molar-refractivity contribution in [3.8, 4) is 11.5 Å². The molecule has 3 rings (SSSR count). The van der Waals surface area contributed by atoms with Crippen molar-refractivity contribution in [1.29, 1.82) is 0 Å². The summed E-state index contributed by atoms with van der Waals surface area (Å²) >= 11 is 5.44. The van der Waals surface area contributed by atoms with Crippen LogP contribution >= 0.6 is 27.7 Å². The Morgan fingerprint density at radius 2 is 2.19 bits per heavy atom. The molecule has 1 aromatic carbocycles. The number of fused-ring (bicyclic) bond motifs is 3. The fraction of sp³-hybridized carbons (Fsp3) is 0.455. The lowest BCUT2D eigenvalue weighted by Gasteiger charge is -2.29. The highest BCUT2D eigenvalue weighted by Gasteiger charge is 2.28. The lowest BCUT2D eigenvalue weighted by Crippen LogP contribution is -2.24. The van der Waals surface area contributed by atoms with Gasteiger partial charge in [-0.1, -0.05) is 15.9 Å². The van der Waals surface area contributed by atoms with Gasteiger partial charge in [-0.2, -0.15) is 11.8 Å². The van der Waals surface area contributed by atoms with E-state index >= 15 is 0 Å². The van der Waals surface area contributed by atoms with Gasteiger partial charge in [-0.05, 0) is 11.6 Å². The average Bonchev–Trinajstić information content (AvgIpc) is 2.30. The van der Waals surface area contributed by atoms with E-state index in [1.54, 1.807) is 0 Å². The molecule has 3 nitrogen and oxygen atoms in total. The van der Waals surface area contributed by atoms with E-state index in [1.807, 2.05) is 17.8 Å². The molecule has 0 saturated heterocycles. The number of ether oxygens (including phenoxy) is 2. The molecule has 2 aliphatic heterocycles. The van der Waals surface area contributed by atoms with Crippen LogP contribution < -0.4 is 15.2 Å². The van der Waals surface area contributed by atoms with Crippen LogP contribution in [0.5, 0.6) is 11.5 Å². The molecule has 2 aliphatic rings. The van der Waals surface area contributed by atoms with Gasteiger partial charge in [0.05, 0.1) is 0 Å². The first-order valence-corrected chi connectivity index (χ1v) is 7.16. The van der Waals surface area contributed by atoms with Crippen molar-refractivity contribution in [3.05, 3.63) is 21.7 Å². The van der Waals surface area contributed by atoms with Crippen LogP contribution in [0.2, 0.25) is 0 Å². The van der Waals surface area contributed by atoms with Crippen LogP contribution in [0.3, 0.4) is 0 Å². The predicted molar refractivity (Wildman–Crippen MR) is 68.2 cm³/mol. The van der Waals surface area contributed by atoms with E-state index in [2.05, 4.69) is 15.9 Å². The highest BCUT2D eigenvalue weighted by molar-refractivity contribution is 9.10. The third kappa shape index (κ3) is 1.61. The van der Waals surface area contributed by atoms with E-state index in [-0.39, 0.29) is 6.04 Å². The van der Waals surface area contributed by atoms with Gasteiger partial charge in [-0.25, -0.2) is 0 Å². The molecule has 0 aromatic heterocycles. The van der Waals surface area contributed by atoms with Gasteiger partial charge in [0.1, 0.15) is 13.2 Å². The zero-order chi connectivity index (χ0) is 11.1. The molecular formula is C11H12BrNO2S. The van der Waals surface area contributed by atoms with Crippen molar-refractivity contribution in [2.45, 2.75) is 11.8 Å². The summed E-state index contributed by atoms with van der Waals surface area (Å²) in [7, 11) is 0. The molecule has 0 amide bonds. The number of thioether (sulfide) groups is 1. The second-order valence-corrected chi connectivity index (χ2v) is 5.78. The van der Waals surface area contributed by atoms with Gasteiger partial charge in [0.25, 0.3) is 0 Å². The molecule has 86 valence electrons. The Bertz CT molecular complexity index is 438. The summed E-state index contributed by atoms with van der Waals surface area (Å²) in [6.07, 6.45) is 0. The second-order valence-electron chi connectivity index (χ2n) is 3.90. The first kappa shape index (κ1) is 10.7. The molecular weight excluding hydrogens is 290 g/mol. The van der Waals surface area contributed by atoms with Crippen LogP contribution in [0.15, 0.2) is 10.5 Å². The summed E-state index contributed by atoms with van der Waals surface area (Å²) in [5.41, 5.74) is 8.55. The molecule has 16 heavy (non-hydrogen) atoms. The summed E-state index contributed by atoms with van der Waals surface area (Å²) < 4.78 is 12.4. The standard InChI is InChI=1S/C11H12BrNO2S/c12-7-3-9-11(15-2-1-14-9)10-6(7)4-16-5-8(10)13/h3,8H,1-2,4-5,13H2/t8-/m0/s1. The number of rotatable bonds is 0. The van der Waals surface area contributed by atoms with Gasteiger partial charge in [0.15, 0.2) is 11.5 Å². The van der Waals surface area contributed by atoms with E-state index in [4.69, 9.17) is 15.2 Å². The Labute approximate surface area is 107 Å². The molecule has 2 heterocycles. The van der Waals surface area contributed by atoms with E-state index in [0.717, 1.165) is 33.0 Å². The van der Waals surface area contributed by atoms with Crippen LogP contribution in [-0.2, 0) is 5.75 Å². The summed E-state index contributed by atoms with van der Waals surface area (Å²) in [6.45, 7) is 1.23. The zero-order valence-corrected chi connectivity index (χ0v) is 11.1. The first-order valence-electron chi connectivity index (χ1n) is 5.21. The average molecular weight is 302 g/mol. The number of nitrogens with two attached hydrogens (primary N) is 1. The number of hydrogen-bond acceptors (Lipinski definition) is 4. The quantitative estimate of drug-likeness (QED) is 0.799. The van der Waals surface area contributed by atoms with Crippen molar-refractivity contribution >= 4 is 27.7 Å². The molecule has 0 fully saturated rings. The molecule has 5 heteroatoms. The predicted octanol–water partition coefficient (Wildman–Crippen LogP) is 2.47. The molecule has 0 aliphatic carbocycles. The maximum Gasteiger partial charge on any atom is 0.166 e. The van der Waals surface area contributed by atoms with Crippen molar-refractivity contribution in [3.63, 3.8) is 0 Å². The summed E-state index contributed by atoms with van der Waals surface area (Å²) in [6, 6.07) is 2.04. The molecule has 0 radical (unpaired) electrons. The Morgan fingerprint density at radius 1 is 1.38 bits per heavy atom. The monoisotopic (exact) mass is 301 g/mol. The van der Waals surface area contributed by atoms with Gasteiger partial charge in [0.2, 0.25) is 0 Å². The minimum atomic E-state index is 0.0432. The van der Waals surface area contributed by atoms with Gasteiger partial charge >= 0.3 is 0 Å². The highest BCUT2D eigenvalue weighted by Crippen LogP contribution is 2.46. The fourth-order valence-electron chi connectivity index (χ4n) is 2.13. The summed E-state index contributed by atoms with van der Waals surface area (Å²) in [5.74, 6) is 3.61. The summed E-state index contributed by atoms with van der Waals surface area (Å²) in [4.78, 5) is 0. The lowest BCUT2D eigenvalue weighted by molar-refractivity contribution is 0.169. The van der Waals surface area contributed by atoms with Crippen LogP contribution in [-0.4, -0.2) is 19.0 Å². The van der Waals surface area contributed by atoms with Crippen molar-refractivity contribution < 1.29 is 9.47 Å². The largest absolute Gasteiger partial charge is 0.486 e. The normalized spacial score (nSPS) is 22.8. The minimum Gasteiger partial charge on any atom is -0.486 e. The Kier molecular flexibility index (Phi) is 2.77. The molecule has 1 atom stereocenters. The van der Waals surface area contributed by atoms with Crippen LogP contribution in [0.4, 0.5) is 0 Å². The Balaban J connectivity index is 2.21. The van der Waals surface area contributed by atoms with Gasteiger partial charge < -0.3 is 15.2 Å². The summed E-state index contributed by atoms with van der Waals surface area (Å²) in [5, 5.41) is 0. The lowest BCUT2D eigenvalue weighted by atomic mass is 10.00. The maximum atomic E-state index is 6.16. The molecule has 0 saturated carbocycles. The van der Waals surface area contributed by atoms with Crippen LogP contribution in [0.1, 0.15) is 17.2 Å². The Hall–Kier alpha value is -0.390. The van der Waals surface area contributed by atoms with Crippen LogP contribution in [0.25, 0.3) is 0 Å². The van der Waals surface area contributed by atoms with Gasteiger partial charge in [-0.15, -0.1) is 0 Å². The smallest absolute Gasteiger partial charge is 0.166 e. The van der Waals surface area contributed by atoms with E-state index in [0.29, 0.717) is 13.2 Å². The van der Waals surface area contributed by atoms with Gasteiger partial charge in [0, 0.05) is 27.6 Å². The van der Waals surface area contributed by atoms with Crippen molar-refractivity contribution in [1.82, 2.24) is 0 Å². The second kappa shape index (κ2) is 4.13. The van der Waals surface area contributed by atoms with Crippen LogP contribution in [0, 0.1) is 0 Å². The zero-order valence-electron chi connectivity index (χ0n) is 8.66. The van der Waals surface area contributed by atoms with E-state index < -0.39 is 0 Å². The van der Waals surface area contributed by atoms with Crippen molar-refractivity contribution in [2.24, 2.45) is 5.73 Å². The highest BCUT2D eigenvalue weighted by atomic mass is 79.9. The molecule has 2 N–H and O–H groups in total. The SMILES string of the molecule is N[C@H]1CSCc2c(Br)cc3c(c21)OCCO3. The first-order chi connectivity index (χ1) is 7.77. The van der Waals surface area contributed by atoms with E-state index in [9.17, 15) is 0 Å². The topological polar surface area (TPSA) is 44.5 Å². The molecule has 0 unspecified atom stereocenters.